The number of benzene rings is 2. The minimum Gasteiger partial charge on any atom is -0.484 e. The van der Waals surface area contributed by atoms with E-state index in [9.17, 15) is 14.4 Å². The molecule has 2 aromatic carbocycles. The van der Waals surface area contributed by atoms with E-state index in [0.717, 1.165) is 4.90 Å². The molecule has 0 fully saturated rings. The van der Waals surface area contributed by atoms with E-state index in [1.54, 1.807) is 23.9 Å². The van der Waals surface area contributed by atoms with Gasteiger partial charge in [-0.1, -0.05) is 11.6 Å². The Morgan fingerprint density at radius 3 is 2.10 bits per heavy atom. The first-order valence-corrected chi connectivity index (χ1v) is 9.89. The number of methoxy groups -OCH3 is 2. The average molecular weight is 438 g/mol. The fourth-order valence-electron chi connectivity index (χ4n) is 2.24. The third kappa shape index (κ3) is 7.32. The molecule has 2 rings (SSSR count). The summed E-state index contributed by atoms with van der Waals surface area (Å²) in [6.07, 6.45) is 0. The molecule has 154 valence electrons. The maximum Gasteiger partial charge on any atom is 0.338 e. The lowest BCUT2D eigenvalue weighted by atomic mass is 10.1. The van der Waals surface area contributed by atoms with Gasteiger partial charge in [-0.2, -0.15) is 0 Å². The molecule has 2 aromatic rings. The lowest BCUT2D eigenvalue weighted by Gasteiger charge is -2.10. The van der Waals surface area contributed by atoms with Crippen LogP contribution >= 0.6 is 23.4 Å². The second kappa shape index (κ2) is 11.3. The minimum absolute atomic E-state index is 0.116. The molecule has 0 aliphatic carbocycles. The van der Waals surface area contributed by atoms with E-state index in [-0.39, 0.29) is 29.4 Å². The zero-order valence-corrected chi connectivity index (χ0v) is 17.5. The van der Waals surface area contributed by atoms with E-state index in [0.29, 0.717) is 17.3 Å². The molecule has 0 saturated carbocycles. The van der Waals surface area contributed by atoms with Gasteiger partial charge >= 0.3 is 11.9 Å². The van der Waals surface area contributed by atoms with Crippen LogP contribution in [0.25, 0.3) is 0 Å². The van der Waals surface area contributed by atoms with Crippen molar-refractivity contribution in [2.24, 2.45) is 0 Å². The van der Waals surface area contributed by atoms with Gasteiger partial charge < -0.3 is 19.5 Å². The van der Waals surface area contributed by atoms with Gasteiger partial charge in [-0.3, -0.25) is 4.79 Å². The molecule has 9 heteroatoms. The summed E-state index contributed by atoms with van der Waals surface area (Å²) >= 11 is 7.42. The highest BCUT2D eigenvalue weighted by molar-refractivity contribution is 7.99. The standard InChI is InChI=1S/C20H20ClNO6S/c1-26-19(24)13-9-14(20(25)27-2)11-16(10-13)28-12-18(23)22-7-8-29-17-5-3-15(21)4-6-17/h3-6,9-11H,7-8,12H2,1-2H3,(H,22,23). The Hall–Kier alpha value is -2.71. The molecular formula is C20H20ClNO6S. The van der Waals surface area contributed by atoms with Crippen molar-refractivity contribution in [3.05, 3.63) is 58.6 Å². The number of carbonyl (C=O) groups is 3. The Bertz CT molecular complexity index is 838. The number of nitrogens with one attached hydrogen (secondary N) is 1. The summed E-state index contributed by atoms with van der Waals surface area (Å²) in [6, 6.07) is 11.5. The Kier molecular flexibility index (Phi) is 8.82. The van der Waals surface area contributed by atoms with Crippen LogP contribution in [0.3, 0.4) is 0 Å². The average Bonchev–Trinajstić information content (AvgIpc) is 2.75. The third-order valence-corrected chi connectivity index (χ3v) is 4.89. The number of halogens is 1. The summed E-state index contributed by atoms with van der Waals surface area (Å²) in [6.45, 7) is 0.182. The maximum absolute atomic E-state index is 12.0. The first-order chi connectivity index (χ1) is 13.9. The van der Waals surface area contributed by atoms with Crippen LogP contribution in [0.5, 0.6) is 5.75 Å². The fourth-order valence-corrected chi connectivity index (χ4v) is 3.14. The number of ether oxygens (including phenoxy) is 3. The molecule has 1 amide bonds. The van der Waals surface area contributed by atoms with Gasteiger partial charge in [-0.05, 0) is 42.5 Å². The molecule has 0 atom stereocenters. The Labute approximate surface area is 177 Å². The zero-order valence-electron chi connectivity index (χ0n) is 15.9. The van der Waals surface area contributed by atoms with E-state index in [2.05, 4.69) is 14.8 Å². The van der Waals surface area contributed by atoms with Crippen LogP contribution in [-0.4, -0.2) is 51.0 Å². The van der Waals surface area contributed by atoms with Crippen molar-refractivity contribution in [1.29, 1.82) is 0 Å². The second-order valence-electron chi connectivity index (χ2n) is 5.67. The van der Waals surface area contributed by atoms with Crippen molar-refractivity contribution in [3.8, 4) is 5.75 Å². The van der Waals surface area contributed by atoms with Gasteiger partial charge in [0.05, 0.1) is 25.3 Å². The van der Waals surface area contributed by atoms with E-state index in [1.807, 2.05) is 12.1 Å². The number of esters is 2. The first-order valence-electron chi connectivity index (χ1n) is 8.52. The molecule has 7 nitrogen and oxygen atoms in total. The van der Waals surface area contributed by atoms with Crippen LogP contribution in [0.4, 0.5) is 0 Å². The predicted octanol–water partition coefficient (Wildman–Crippen LogP) is 3.20. The molecule has 0 radical (unpaired) electrons. The van der Waals surface area contributed by atoms with Gasteiger partial charge in [0.2, 0.25) is 0 Å². The number of rotatable bonds is 9. The predicted molar refractivity (Wildman–Crippen MR) is 110 cm³/mol. The minimum atomic E-state index is -0.635. The number of hydrogen-bond acceptors (Lipinski definition) is 7. The van der Waals surface area contributed by atoms with E-state index >= 15 is 0 Å². The highest BCUT2D eigenvalue weighted by atomic mass is 35.5. The van der Waals surface area contributed by atoms with Crippen LogP contribution in [-0.2, 0) is 14.3 Å². The number of amides is 1. The molecule has 29 heavy (non-hydrogen) atoms. The molecule has 0 spiro atoms. The largest absolute Gasteiger partial charge is 0.484 e. The molecule has 0 unspecified atom stereocenters. The summed E-state index contributed by atoms with van der Waals surface area (Å²) in [4.78, 5) is 36.5. The van der Waals surface area contributed by atoms with Crippen LogP contribution in [0.15, 0.2) is 47.4 Å². The molecule has 0 bridgehead atoms. The van der Waals surface area contributed by atoms with E-state index in [4.69, 9.17) is 16.3 Å². The smallest absolute Gasteiger partial charge is 0.338 e. The topological polar surface area (TPSA) is 90.9 Å². The van der Waals surface area contributed by atoms with Crippen LogP contribution in [0.2, 0.25) is 5.02 Å². The molecule has 1 N–H and O–H groups in total. The Balaban J connectivity index is 1.85. The summed E-state index contributed by atoms with van der Waals surface area (Å²) in [5.74, 6) is -0.741. The monoisotopic (exact) mass is 437 g/mol. The van der Waals surface area contributed by atoms with Crippen LogP contribution in [0.1, 0.15) is 20.7 Å². The zero-order chi connectivity index (χ0) is 21.2. The Morgan fingerprint density at radius 2 is 1.55 bits per heavy atom. The highest BCUT2D eigenvalue weighted by Crippen LogP contribution is 2.20. The van der Waals surface area contributed by atoms with Gasteiger partial charge in [0.15, 0.2) is 6.61 Å². The normalized spacial score (nSPS) is 10.2. The number of hydrogen-bond donors (Lipinski definition) is 1. The lowest BCUT2D eigenvalue weighted by Crippen LogP contribution is -2.30. The van der Waals surface area contributed by atoms with Crippen molar-refractivity contribution in [1.82, 2.24) is 5.32 Å². The summed E-state index contributed by atoms with van der Waals surface area (Å²) < 4.78 is 14.7. The third-order valence-electron chi connectivity index (χ3n) is 3.63. The van der Waals surface area contributed by atoms with E-state index < -0.39 is 11.9 Å². The molecule has 0 aliphatic rings. The van der Waals surface area contributed by atoms with Crippen molar-refractivity contribution in [3.63, 3.8) is 0 Å². The second-order valence-corrected chi connectivity index (χ2v) is 7.28. The molecule has 0 aromatic heterocycles. The maximum atomic E-state index is 12.0. The Morgan fingerprint density at radius 1 is 0.966 bits per heavy atom. The van der Waals surface area contributed by atoms with Gasteiger partial charge in [-0.25, -0.2) is 9.59 Å². The van der Waals surface area contributed by atoms with Gasteiger partial charge in [-0.15, -0.1) is 11.8 Å². The van der Waals surface area contributed by atoms with Crippen LogP contribution in [0, 0.1) is 0 Å². The highest BCUT2D eigenvalue weighted by Gasteiger charge is 2.15. The van der Waals surface area contributed by atoms with Gasteiger partial charge in [0, 0.05) is 22.2 Å². The van der Waals surface area contributed by atoms with Gasteiger partial charge in [0.1, 0.15) is 5.75 Å². The molecule has 0 saturated heterocycles. The summed E-state index contributed by atoms with van der Waals surface area (Å²) in [5, 5.41) is 3.41. The van der Waals surface area contributed by atoms with Crippen LogP contribution < -0.4 is 10.1 Å². The SMILES string of the molecule is COC(=O)c1cc(OCC(=O)NCCSc2ccc(Cl)cc2)cc(C(=O)OC)c1. The summed E-state index contributed by atoms with van der Waals surface area (Å²) in [5.41, 5.74) is 0.232. The van der Waals surface area contributed by atoms with Gasteiger partial charge in [0.25, 0.3) is 5.91 Å². The van der Waals surface area contributed by atoms with Crippen molar-refractivity contribution >= 4 is 41.2 Å². The molecule has 0 heterocycles. The summed E-state index contributed by atoms with van der Waals surface area (Å²) in [7, 11) is 2.45. The number of thioether (sulfide) groups is 1. The molecular weight excluding hydrogens is 418 g/mol. The van der Waals surface area contributed by atoms with Crippen molar-refractivity contribution in [2.45, 2.75) is 4.90 Å². The number of carbonyl (C=O) groups excluding carboxylic acids is 3. The fraction of sp³-hybridized carbons (Fsp3) is 0.250. The van der Waals surface area contributed by atoms with E-state index in [1.165, 1.54) is 32.4 Å². The van der Waals surface area contributed by atoms with Crippen molar-refractivity contribution in [2.75, 3.05) is 33.1 Å². The first kappa shape index (κ1) is 22.6. The molecule has 0 aliphatic heterocycles. The van der Waals surface area contributed by atoms with Crippen molar-refractivity contribution < 1.29 is 28.6 Å². The quantitative estimate of drug-likeness (QED) is 0.366. The lowest BCUT2D eigenvalue weighted by molar-refractivity contribution is -0.122.